The van der Waals surface area contributed by atoms with Gasteiger partial charge >= 0.3 is 0 Å². The molecule has 0 amide bonds. The van der Waals surface area contributed by atoms with Crippen LogP contribution in [0.3, 0.4) is 0 Å². The zero-order valence-corrected chi connectivity index (χ0v) is 12.1. The Balaban J connectivity index is 1.72. The largest absolute Gasteiger partial charge is 0.359 e. The summed E-state index contributed by atoms with van der Waals surface area (Å²) < 4.78 is 3.03. The maximum Gasteiger partial charge on any atom is 0.160 e. The second kappa shape index (κ2) is 4.78. The van der Waals surface area contributed by atoms with E-state index in [1.807, 2.05) is 47.2 Å². The minimum absolute atomic E-state index is 0.0115. The average molecular weight is 296 g/mol. The third kappa shape index (κ3) is 2.02. The van der Waals surface area contributed by atoms with Crippen LogP contribution in [-0.2, 0) is 0 Å². The Morgan fingerprint density at radius 3 is 3.10 bits per heavy atom. The van der Waals surface area contributed by atoms with Gasteiger partial charge < -0.3 is 5.32 Å². The fraction of sp³-hybridized carbons (Fsp3) is 0.143. The van der Waals surface area contributed by atoms with E-state index in [2.05, 4.69) is 25.5 Å². The first-order valence-corrected chi connectivity index (χ1v) is 7.45. The monoisotopic (exact) mass is 296 g/mol. The number of anilines is 1. The van der Waals surface area contributed by atoms with E-state index in [4.69, 9.17) is 0 Å². The molecule has 0 radical (unpaired) electrons. The number of rotatable bonds is 3. The molecule has 1 unspecified atom stereocenters. The van der Waals surface area contributed by atoms with E-state index >= 15 is 0 Å². The van der Waals surface area contributed by atoms with Crippen molar-refractivity contribution in [1.29, 1.82) is 0 Å². The topological polar surface area (TPSA) is 68.0 Å². The Kier molecular flexibility index (Phi) is 2.78. The lowest BCUT2D eigenvalue weighted by Gasteiger charge is -2.13. The second-order valence-electron chi connectivity index (χ2n) is 4.71. The maximum atomic E-state index is 4.34. The van der Waals surface area contributed by atoms with Gasteiger partial charge in [-0.2, -0.15) is 0 Å². The number of hydrogen-bond acceptors (Lipinski definition) is 6. The highest BCUT2D eigenvalue weighted by atomic mass is 32.1. The van der Waals surface area contributed by atoms with Crippen LogP contribution in [0.5, 0.6) is 0 Å². The zero-order valence-electron chi connectivity index (χ0n) is 11.3. The van der Waals surface area contributed by atoms with Crippen molar-refractivity contribution in [3.8, 4) is 0 Å². The minimum atomic E-state index is -0.0115. The summed E-state index contributed by atoms with van der Waals surface area (Å²) in [5.41, 5.74) is 1.79. The number of thiophene rings is 1. The van der Waals surface area contributed by atoms with Crippen molar-refractivity contribution < 1.29 is 0 Å². The van der Waals surface area contributed by atoms with Crippen LogP contribution in [0.25, 0.3) is 15.9 Å². The molecule has 21 heavy (non-hydrogen) atoms. The number of nitrogens with one attached hydrogen (secondary N) is 1. The molecule has 0 aliphatic carbocycles. The van der Waals surface area contributed by atoms with Gasteiger partial charge in [-0.05, 0) is 30.5 Å². The van der Waals surface area contributed by atoms with Crippen LogP contribution in [0, 0.1) is 0 Å². The summed E-state index contributed by atoms with van der Waals surface area (Å²) in [6.45, 7) is 2.05. The van der Waals surface area contributed by atoms with Crippen molar-refractivity contribution in [2.24, 2.45) is 0 Å². The van der Waals surface area contributed by atoms with Crippen molar-refractivity contribution >= 4 is 33.0 Å². The summed E-state index contributed by atoms with van der Waals surface area (Å²) in [5, 5.41) is 13.9. The molecule has 4 aromatic rings. The van der Waals surface area contributed by atoms with Gasteiger partial charge in [0, 0.05) is 6.20 Å². The summed E-state index contributed by atoms with van der Waals surface area (Å²) in [5.74, 6) is 1.68. The lowest BCUT2D eigenvalue weighted by atomic mass is 10.3. The Morgan fingerprint density at radius 2 is 2.14 bits per heavy atom. The second-order valence-corrected chi connectivity index (χ2v) is 5.63. The van der Waals surface area contributed by atoms with E-state index in [0.717, 1.165) is 27.5 Å². The lowest BCUT2D eigenvalue weighted by molar-refractivity contribution is 0.769. The van der Waals surface area contributed by atoms with Crippen molar-refractivity contribution in [2.45, 2.75) is 13.0 Å². The molecule has 1 atom stereocenters. The van der Waals surface area contributed by atoms with Crippen LogP contribution >= 0.6 is 11.3 Å². The van der Waals surface area contributed by atoms with Gasteiger partial charge in [0.15, 0.2) is 11.5 Å². The van der Waals surface area contributed by atoms with Gasteiger partial charge in [0.1, 0.15) is 12.1 Å². The predicted octanol–water partition coefficient (Wildman–Crippen LogP) is 2.91. The molecule has 4 aromatic heterocycles. The third-order valence-electron chi connectivity index (χ3n) is 3.32. The summed E-state index contributed by atoms with van der Waals surface area (Å²) in [6.07, 6.45) is 3.54. The fourth-order valence-corrected chi connectivity index (χ4v) is 3.11. The molecule has 6 nitrogen and oxygen atoms in total. The van der Waals surface area contributed by atoms with Crippen molar-refractivity contribution in [2.75, 3.05) is 5.32 Å². The van der Waals surface area contributed by atoms with E-state index in [-0.39, 0.29) is 6.04 Å². The SMILES string of the molecule is CC(Nc1ncnc2ccsc12)c1nnc2ccccn12. The van der Waals surface area contributed by atoms with E-state index < -0.39 is 0 Å². The lowest BCUT2D eigenvalue weighted by Crippen LogP contribution is -2.11. The van der Waals surface area contributed by atoms with Gasteiger partial charge in [0.25, 0.3) is 0 Å². The predicted molar refractivity (Wildman–Crippen MR) is 82.4 cm³/mol. The van der Waals surface area contributed by atoms with Crippen LogP contribution in [0.4, 0.5) is 5.82 Å². The van der Waals surface area contributed by atoms with Crippen LogP contribution in [0.1, 0.15) is 18.8 Å². The molecule has 104 valence electrons. The first-order valence-electron chi connectivity index (χ1n) is 6.57. The first-order chi connectivity index (χ1) is 10.3. The minimum Gasteiger partial charge on any atom is -0.359 e. The average Bonchev–Trinajstić information content (AvgIpc) is 3.14. The summed E-state index contributed by atoms with van der Waals surface area (Å²) >= 11 is 1.63. The molecule has 0 spiro atoms. The molecule has 0 bridgehead atoms. The number of aromatic nitrogens is 5. The maximum absolute atomic E-state index is 4.34. The van der Waals surface area contributed by atoms with Crippen molar-refractivity contribution in [3.63, 3.8) is 0 Å². The zero-order chi connectivity index (χ0) is 14.2. The highest BCUT2D eigenvalue weighted by molar-refractivity contribution is 7.17. The number of pyridine rings is 1. The molecule has 1 N–H and O–H groups in total. The van der Waals surface area contributed by atoms with Crippen LogP contribution < -0.4 is 5.32 Å². The van der Waals surface area contributed by atoms with Gasteiger partial charge in [0.2, 0.25) is 0 Å². The Labute approximate surface area is 124 Å². The third-order valence-corrected chi connectivity index (χ3v) is 4.23. The molecule has 0 aliphatic rings. The van der Waals surface area contributed by atoms with Gasteiger partial charge in [-0.1, -0.05) is 6.07 Å². The molecule has 0 saturated carbocycles. The quantitative estimate of drug-likeness (QED) is 0.629. The molecular weight excluding hydrogens is 284 g/mol. The van der Waals surface area contributed by atoms with Crippen LogP contribution in [0.2, 0.25) is 0 Å². The molecule has 0 fully saturated rings. The molecule has 4 heterocycles. The standard InChI is InChI=1S/C14H12N6S/c1-9(14-19-18-11-4-2-3-6-20(11)14)17-13-12-10(5-7-21-12)15-8-16-13/h2-9H,1H3,(H,15,16,17). The summed E-state index contributed by atoms with van der Waals surface area (Å²) in [7, 11) is 0. The van der Waals surface area contributed by atoms with E-state index in [1.165, 1.54) is 0 Å². The highest BCUT2D eigenvalue weighted by Crippen LogP contribution is 2.27. The van der Waals surface area contributed by atoms with Crippen molar-refractivity contribution in [3.05, 3.63) is 48.0 Å². The number of hydrogen-bond donors (Lipinski definition) is 1. The van der Waals surface area contributed by atoms with Gasteiger partial charge in [-0.15, -0.1) is 21.5 Å². The van der Waals surface area contributed by atoms with E-state index in [9.17, 15) is 0 Å². The molecule has 0 aliphatic heterocycles. The molecule has 4 rings (SSSR count). The smallest absolute Gasteiger partial charge is 0.160 e. The van der Waals surface area contributed by atoms with Crippen LogP contribution in [-0.4, -0.2) is 24.6 Å². The van der Waals surface area contributed by atoms with Crippen LogP contribution in [0.15, 0.2) is 42.2 Å². The molecule has 7 heteroatoms. The van der Waals surface area contributed by atoms with Gasteiger partial charge in [0.05, 0.1) is 16.3 Å². The normalized spacial score (nSPS) is 12.8. The fourth-order valence-electron chi connectivity index (χ4n) is 2.32. The Bertz CT molecular complexity index is 912. The number of nitrogens with zero attached hydrogens (tertiary/aromatic N) is 5. The van der Waals surface area contributed by atoms with Gasteiger partial charge in [-0.25, -0.2) is 9.97 Å². The molecule has 0 aromatic carbocycles. The van der Waals surface area contributed by atoms with E-state index in [0.29, 0.717) is 0 Å². The van der Waals surface area contributed by atoms with Gasteiger partial charge in [-0.3, -0.25) is 4.40 Å². The van der Waals surface area contributed by atoms with Crippen molar-refractivity contribution in [1.82, 2.24) is 24.6 Å². The Morgan fingerprint density at radius 1 is 1.19 bits per heavy atom. The highest BCUT2D eigenvalue weighted by Gasteiger charge is 2.15. The summed E-state index contributed by atoms with van der Waals surface area (Å²) in [4.78, 5) is 8.59. The van der Waals surface area contributed by atoms with E-state index in [1.54, 1.807) is 17.7 Å². The Hall–Kier alpha value is -2.54. The summed E-state index contributed by atoms with van der Waals surface area (Å²) in [6, 6.07) is 7.83. The molecule has 0 saturated heterocycles. The number of fused-ring (bicyclic) bond motifs is 2. The first kappa shape index (κ1) is 12.2. The molecular formula is C14H12N6S.